The first-order chi connectivity index (χ1) is 6.56. The monoisotopic (exact) mass is 238 g/mol. The lowest BCUT2D eigenvalue weighted by Crippen LogP contribution is -2.36. The van der Waals surface area contributed by atoms with E-state index < -0.39 is 5.97 Å². The second-order valence-electron chi connectivity index (χ2n) is 2.36. The number of hydrogen-bond acceptors (Lipinski definition) is 4. The van der Waals surface area contributed by atoms with E-state index in [1.54, 1.807) is 6.92 Å². The van der Waals surface area contributed by atoms with Crippen molar-refractivity contribution in [1.29, 1.82) is 0 Å². The number of carboxylic acids is 1. The Morgan fingerprint density at radius 1 is 1.50 bits per heavy atom. The summed E-state index contributed by atoms with van der Waals surface area (Å²) >= 11 is 2.46. The largest absolute Gasteiger partial charge is 0.481 e. The van der Waals surface area contributed by atoms with Crippen LogP contribution in [0.15, 0.2) is 0 Å². The zero-order valence-corrected chi connectivity index (χ0v) is 9.70. The number of thioether (sulfide) groups is 1. The minimum atomic E-state index is -0.882. The highest BCUT2D eigenvalue weighted by atomic mass is 32.2. The van der Waals surface area contributed by atoms with Gasteiger partial charge in [-0.2, -0.15) is 0 Å². The number of aliphatic carboxylic acids is 1. The van der Waals surface area contributed by atoms with Gasteiger partial charge in [0.05, 0.1) is 11.1 Å². The van der Waals surface area contributed by atoms with Gasteiger partial charge in [-0.05, 0) is 18.9 Å². The predicted molar refractivity (Wildman–Crippen MR) is 59.4 cm³/mol. The van der Waals surface area contributed by atoms with Gasteiger partial charge in [-0.3, -0.25) is 9.52 Å². The molecule has 0 radical (unpaired) electrons. The summed E-state index contributed by atoms with van der Waals surface area (Å²) < 4.78 is 2.56. The predicted octanol–water partition coefficient (Wildman–Crippen LogP) is 1.12. The van der Waals surface area contributed by atoms with Gasteiger partial charge in [0.25, 0.3) is 0 Å². The zero-order valence-electron chi connectivity index (χ0n) is 8.07. The minimum Gasteiger partial charge on any atom is -0.481 e. The van der Waals surface area contributed by atoms with Crippen LogP contribution in [0.2, 0.25) is 0 Å². The van der Waals surface area contributed by atoms with E-state index in [0.717, 1.165) is 5.75 Å². The van der Waals surface area contributed by atoms with Gasteiger partial charge in [0, 0.05) is 5.75 Å². The smallest absolute Gasteiger partial charge is 0.325 e. The van der Waals surface area contributed by atoms with E-state index in [9.17, 15) is 9.59 Å². The standard InChI is InChI=1S/C7H14N2O3S2/c1-3-14-9-7(12)8-5(2)13-4-6(10)11/h5H,3-4H2,1-2H3,(H,10,11)(H2,8,9,12). The molecule has 0 heterocycles. The summed E-state index contributed by atoms with van der Waals surface area (Å²) in [5, 5.41) is 10.8. The third kappa shape index (κ3) is 8.06. The normalized spacial score (nSPS) is 11.9. The molecule has 1 unspecified atom stereocenters. The summed E-state index contributed by atoms with van der Waals surface area (Å²) in [6.45, 7) is 3.66. The summed E-state index contributed by atoms with van der Waals surface area (Å²) in [6.07, 6.45) is 0. The molecule has 3 N–H and O–H groups in total. The molecule has 0 rings (SSSR count). The van der Waals surface area contributed by atoms with Gasteiger partial charge in [-0.1, -0.05) is 6.92 Å². The highest BCUT2D eigenvalue weighted by Gasteiger charge is 2.08. The van der Waals surface area contributed by atoms with E-state index in [2.05, 4.69) is 10.0 Å². The lowest BCUT2D eigenvalue weighted by Gasteiger charge is -2.12. The van der Waals surface area contributed by atoms with Crippen LogP contribution in [0.4, 0.5) is 4.79 Å². The number of carbonyl (C=O) groups excluding carboxylic acids is 1. The maximum Gasteiger partial charge on any atom is 0.325 e. The van der Waals surface area contributed by atoms with Crippen molar-refractivity contribution in [2.75, 3.05) is 11.5 Å². The molecule has 82 valence electrons. The molecule has 0 aliphatic heterocycles. The second-order valence-corrected chi connectivity index (χ2v) is 4.75. The number of urea groups is 1. The Hall–Kier alpha value is -0.560. The average molecular weight is 238 g/mol. The Kier molecular flexibility index (Phi) is 7.50. The molecule has 0 aromatic heterocycles. The van der Waals surface area contributed by atoms with Crippen LogP contribution in [0, 0.1) is 0 Å². The van der Waals surface area contributed by atoms with Crippen LogP contribution < -0.4 is 10.0 Å². The molecule has 0 saturated heterocycles. The van der Waals surface area contributed by atoms with Crippen molar-refractivity contribution in [1.82, 2.24) is 10.0 Å². The number of nitrogens with one attached hydrogen (secondary N) is 2. The highest BCUT2D eigenvalue weighted by Crippen LogP contribution is 2.06. The van der Waals surface area contributed by atoms with Crippen molar-refractivity contribution in [3.8, 4) is 0 Å². The van der Waals surface area contributed by atoms with Crippen LogP contribution in [0.25, 0.3) is 0 Å². The van der Waals surface area contributed by atoms with Crippen molar-refractivity contribution in [3.63, 3.8) is 0 Å². The quantitative estimate of drug-likeness (QED) is 0.477. The molecular formula is C7H14N2O3S2. The topological polar surface area (TPSA) is 78.4 Å². The van der Waals surface area contributed by atoms with Gasteiger partial charge in [0.2, 0.25) is 0 Å². The first-order valence-electron chi connectivity index (χ1n) is 4.08. The molecule has 2 amide bonds. The fourth-order valence-corrected chi connectivity index (χ4v) is 1.51. The molecule has 14 heavy (non-hydrogen) atoms. The lowest BCUT2D eigenvalue weighted by molar-refractivity contribution is -0.133. The summed E-state index contributed by atoms with van der Waals surface area (Å²) in [5.74, 6) is -0.0983. The molecule has 1 atom stereocenters. The second kappa shape index (κ2) is 7.81. The van der Waals surface area contributed by atoms with Crippen molar-refractivity contribution in [3.05, 3.63) is 0 Å². The minimum absolute atomic E-state index is 0.0115. The first-order valence-corrected chi connectivity index (χ1v) is 6.11. The SMILES string of the molecule is CCSNC(=O)NC(C)SCC(=O)O. The van der Waals surface area contributed by atoms with Crippen molar-refractivity contribution in [2.24, 2.45) is 0 Å². The Balaban J connectivity index is 3.55. The van der Waals surface area contributed by atoms with E-state index >= 15 is 0 Å². The molecule has 0 spiro atoms. The van der Waals surface area contributed by atoms with Crippen LogP contribution in [0.3, 0.4) is 0 Å². The van der Waals surface area contributed by atoms with E-state index in [0.29, 0.717) is 0 Å². The van der Waals surface area contributed by atoms with E-state index in [-0.39, 0.29) is 17.2 Å². The van der Waals surface area contributed by atoms with Crippen molar-refractivity contribution in [2.45, 2.75) is 19.2 Å². The summed E-state index contributed by atoms with van der Waals surface area (Å²) in [5.41, 5.74) is 0. The van der Waals surface area contributed by atoms with Crippen LogP contribution >= 0.6 is 23.7 Å². The molecule has 0 bridgehead atoms. The molecule has 0 saturated carbocycles. The number of rotatable bonds is 6. The zero-order chi connectivity index (χ0) is 11.0. The third-order valence-electron chi connectivity index (χ3n) is 1.10. The molecule has 0 aromatic rings. The van der Waals surface area contributed by atoms with Crippen LogP contribution in [-0.4, -0.2) is 34.0 Å². The molecule has 0 aliphatic carbocycles. The van der Waals surface area contributed by atoms with E-state index in [1.165, 1.54) is 23.7 Å². The highest BCUT2D eigenvalue weighted by molar-refractivity contribution is 8.00. The summed E-state index contributed by atoms with van der Waals surface area (Å²) in [4.78, 5) is 21.3. The maximum atomic E-state index is 11.1. The van der Waals surface area contributed by atoms with E-state index in [4.69, 9.17) is 5.11 Å². The van der Waals surface area contributed by atoms with Gasteiger partial charge in [0.1, 0.15) is 0 Å². The van der Waals surface area contributed by atoms with E-state index in [1.807, 2.05) is 6.92 Å². The Morgan fingerprint density at radius 2 is 2.14 bits per heavy atom. The van der Waals surface area contributed by atoms with Gasteiger partial charge in [-0.15, -0.1) is 11.8 Å². The summed E-state index contributed by atoms with van der Waals surface area (Å²) in [7, 11) is 0. The van der Waals surface area contributed by atoms with Gasteiger partial charge >= 0.3 is 12.0 Å². The van der Waals surface area contributed by atoms with Crippen LogP contribution in [0.1, 0.15) is 13.8 Å². The Bertz CT molecular complexity index is 201. The first kappa shape index (κ1) is 13.4. The fraction of sp³-hybridized carbons (Fsp3) is 0.714. The Labute approximate surface area is 91.5 Å². The number of carbonyl (C=O) groups is 2. The van der Waals surface area contributed by atoms with Crippen molar-refractivity contribution < 1.29 is 14.7 Å². The fourth-order valence-electron chi connectivity index (χ4n) is 0.590. The van der Waals surface area contributed by atoms with Gasteiger partial charge in [0.15, 0.2) is 0 Å². The number of amides is 2. The van der Waals surface area contributed by atoms with Gasteiger partial charge < -0.3 is 10.4 Å². The van der Waals surface area contributed by atoms with Crippen LogP contribution in [0.5, 0.6) is 0 Å². The lowest BCUT2D eigenvalue weighted by atomic mass is 10.7. The summed E-state index contributed by atoms with van der Waals surface area (Å²) in [6, 6.07) is -0.290. The van der Waals surface area contributed by atoms with Crippen LogP contribution in [-0.2, 0) is 4.79 Å². The number of hydrogen-bond donors (Lipinski definition) is 3. The Morgan fingerprint density at radius 3 is 2.64 bits per heavy atom. The molecule has 7 heteroatoms. The number of carboxylic acid groups (broad SMARTS) is 1. The molecule has 0 aromatic carbocycles. The third-order valence-corrected chi connectivity index (χ3v) is 2.75. The maximum absolute atomic E-state index is 11.1. The van der Waals surface area contributed by atoms with Crippen molar-refractivity contribution >= 4 is 35.7 Å². The molecule has 0 fully saturated rings. The molecular weight excluding hydrogens is 224 g/mol. The average Bonchev–Trinajstić information content (AvgIpc) is 2.11. The van der Waals surface area contributed by atoms with Gasteiger partial charge in [-0.25, -0.2) is 4.79 Å². The molecule has 5 nitrogen and oxygen atoms in total. The molecule has 0 aliphatic rings.